The number of aryl methyl sites for hydroxylation is 1. The number of pyridine rings is 1. The molecule has 0 atom stereocenters. The van der Waals surface area contributed by atoms with E-state index in [9.17, 15) is 0 Å². The fourth-order valence-electron chi connectivity index (χ4n) is 3.33. The van der Waals surface area contributed by atoms with Crippen molar-refractivity contribution < 1.29 is 4.74 Å². The molecule has 2 heterocycles. The molecule has 0 saturated carbocycles. The van der Waals surface area contributed by atoms with E-state index in [2.05, 4.69) is 49.4 Å². The number of hydrogen-bond donors (Lipinski definition) is 0. The Kier molecular flexibility index (Phi) is 2.74. The van der Waals surface area contributed by atoms with Gasteiger partial charge in [0.1, 0.15) is 11.5 Å². The van der Waals surface area contributed by atoms with Crippen LogP contribution in [-0.2, 0) is 0 Å². The van der Waals surface area contributed by atoms with Crippen LogP contribution in [0.25, 0.3) is 33.3 Å². The van der Waals surface area contributed by atoms with E-state index in [0.717, 1.165) is 44.8 Å². The van der Waals surface area contributed by atoms with E-state index < -0.39 is 0 Å². The maximum absolute atomic E-state index is 6.25. The Bertz CT molecular complexity index is 1100. The number of ether oxygens (including phenoxy) is 1. The third-order valence-electron chi connectivity index (χ3n) is 4.51. The van der Waals surface area contributed by atoms with Gasteiger partial charge in [0.15, 0.2) is 0 Å². The zero-order valence-corrected chi connectivity index (χ0v) is 13.3. The van der Waals surface area contributed by atoms with Crippen LogP contribution in [0.5, 0.6) is 11.5 Å². The van der Waals surface area contributed by atoms with E-state index in [1.165, 1.54) is 5.56 Å². The Morgan fingerprint density at radius 3 is 2.50 bits per heavy atom. The van der Waals surface area contributed by atoms with E-state index in [4.69, 9.17) is 9.72 Å². The number of fused-ring (bicyclic) bond motifs is 6. The molecule has 0 N–H and O–H groups in total. The molecule has 0 saturated heterocycles. The highest BCUT2D eigenvalue weighted by Crippen LogP contribution is 2.46. The zero-order valence-electron chi connectivity index (χ0n) is 13.3. The summed E-state index contributed by atoms with van der Waals surface area (Å²) in [4.78, 5) is 4.97. The topological polar surface area (TPSA) is 22.1 Å². The average molecular weight is 309 g/mol. The van der Waals surface area contributed by atoms with Crippen molar-refractivity contribution in [1.29, 1.82) is 0 Å². The van der Waals surface area contributed by atoms with Gasteiger partial charge in [-0.1, -0.05) is 42.5 Å². The first kappa shape index (κ1) is 13.3. The van der Waals surface area contributed by atoms with Gasteiger partial charge in [-0.2, -0.15) is 0 Å². The molecule has 2 heteroatoms. The van der Waals surface area contributed by atoms with Gasteiger partial charge in [0.25, 0.3) is 0 Å². The fourth-order valence-corrected chi connectivity index (χ4v) is 3.33. The maximum Gasteiger partial charge on any atom is 0.137 e. The standard InChI is InChI=1S/C22H15NO/c1-14-10-11-17-21(12-14)24-20-9-5-3-7-16(20)18-13-15-6-2-4-8-19(15)23-22(17)18/h2-13H,1H3. The first-order valence-electron chi connectivity index (χ1n) is 8.08. The molecule has 114 valence electrons. The van der Waals surface area contributed by atoms with Gasteiger partial charge in [0.05, 0.1) is 11.2 Å². The summed E-state index contributed by atoms with van der Waals surface area (Å²) in [5.41, 5.74) is 6.40. The molecule has 0 aliphatic carbocycles. The highest BCUT2D eigenvalue weighted by molar-refractivity contribution is 5.95. The predicted molar refractivity (Wildman–Crippen MR) is 97.4 cm³/mol. The Balaban J connectivity index is 1.94. The van der Waals surface area contributed by atoms with E-state index in [1.807, 2.05) is 30.3 Å². The first-order valence-corrected chi connectivity index (χ1v) is 8.08. The van der Waals surface area contributed by atoms with Crippen LogP contribution in [0.2, 0.25) is 0 Å². The molecule has 1 aliphatic heterocycles. The van der Waals surface area contributed by atoms with Crippen molar-refractivity contribution in [2.75, 3.05) is 0 Å². The van der Waals surface area contributed by atoms with E-state index in [-0.39, 0.29) is 0 Å². The Morgan fingerprint density at radius 1 is 0.708 bits per heavy atom. The predicted octanol–water partition coefficient (Wildman–Crippen LogP) is 5.98. The van der Waals surface area contributed by atoms with Crippen molar-refractivity contribution in [1.82, 2.24) is 4.98 Å². The van der Waals surface area contributed by atoms with Gasteiger partial charge in [-0.3, -0.25) is 0 Å². The molecule has 0 amide bonds. The summed E-state index contributed by atoms with van der Waals surface area (Å²) in [5, 5.41) is 1.14. The summed E-state index contributed by atoms with van der Waals surface area (Å²) in [6.07, 6.45) is 0. The number of benzene rings is 3. The average Bonchev–Trinajstić information content (AvgIpc) is 2.74. The Hall–Kier alpha value is -3.13. The largest absolute Gasteiger partial charge is 0.456 e. The fraction of sp³-hybridized carbons (Fsp3) is 0.0455. The van der Waals surface area contributed by atoms with E-state index >= 15 is 0 Å². The van der Waals surface area contributed by atoms with Crippen LogP contribution in [0, 0.1) is 6.92 Å². The van der Waals surface area contributed by atoms with Gasteiger partial charge >= 0.3 is 0 Å². The van der Waals surface area contributed by atoms with Gasteiger partial charge in [0, 0.05) is 22.1 Å². The van der Waals surface area contributed by atoms with E-state index in [1.54, 1.807) is 0 Å². The maximum atomic E-state index is 6.25. The van der Waals surface area contributed by atoms with Crippen molar-refractivity contribution in [3.63, 3.8) is 0 Å². The smallest absolute Gasteiger partial charge is 0.137 e. The van der Waals surface area contributed by atoms with Gasteiger partial charge in [-0.05, 0) is 42.8 Å². The summed E-state index contributed by atoms with van der Waals surface area (Å²) >= 11 is 0. The molecular weight excluding hydrogens is 294 g/mol. The lowest BCUT2D eigenvalue weighted by molar-refractivity contribution is 0.487. The molecule has 1 aliphatic rings. The second kappa shape index (κ2) is 4.93. The lowest BCUT2D eigenvalue weighted by Crippen LogP contribution is -1.90. The molecule has 2 nitrogen and oxygen atoms in total. The van der Waals surface area contributed by atoms with Gasteiger partial charge in [-0.25, -0.2) is 4.98 Å². The molecule has 24 heavy (non-hydrogen) atoms. The summed E-state index contributed by atoms with van der Waals surface area (Å²) in [6, 6.07) is 24.9. The summed E-state index contributed by atoms with van der Waals surface area (Å²) < 4.78 is 6.25. The molecule has 5 rings (SSSR count). The van der Waals surface area contributed by atoms with Crippen molar-refractivity contribution in [3.8, 4) is 33.9 Å². The number of para-hydroxylation sites is 2. The second-order valence-electron chi connectivity index (χ2n) is 6.18. The van der Waals surface area contributed by atoms with Gasteiger partial charge < -0.3 is 4.74 Å². The quantitative estimate of drug-likeness (QED) is 0.351. The molecule has 0 fully saturated rings. The molecule has 1 aromatic heterocycles. The minimum Gasteiger partial charge on any atom is -0.456 e. The monoisotopic (exact) mass is 309 g/mol. The SMILES string of the molecule is Cc1ccc2c(c1)Oc1ccccc1-c1cc3ccccc3nc1-2. The summed E-state index contributed by atoms with van der Waals surface area (Å²) in [6.45, 7) is 2.08. The van der Waals surface area contributed by atoms with Crippen LogP contribution < -0.4 is 4.74 Å². The molecule has 3 aromatic carbocycles. The van der Waals surface area contributed by atoms with Crippen molar-refractivity contribution >= 4 is 10.9 Å². The molecular formula is C22H15NO. The van der Waals surface area contributed by atoms with Crippen molar-refractivity contribution in [3.05, 3.63) is 78.4 Å². The lowest BCUT2D eigenvalue weighted by Gasteiger charge is -2.10. The normalized spacial score (nSPS) is 11.9. The highest BCUT2D eigenvalue weighted by atomic mass is 16.5. The van der Waals surface area contributed by atoms with Crippen LogP contribution in [0.3, 0.4) is 0 Å². The van der Waals surface area contributed by atoms with Crippen molar-refractivity contribution in [2.24, 2.45) is 0 Å². The minimum absolute atomic E-state index is 0.865. The van der Waals surface area contributed by atoms with Crippen LogP contribution in [0.4, 0.5) is 0 Å². The number of rotatable bonds is 0. The molecule has 0 radical (unpaired) electrons. The molecule has 0 spiro atoms. The second-order valence-corrected chi connectivity index (χ2v) is 6.18. The number of hydrogen-bond acceptors (Lipinski definition) is 2. The highest BCUT2D eigenvalue weighted by Gasteiger charge is 2.22. The third kappa shape index (κ3) is 1.93. The Morgan fingerprint density at radius 2 is 1.54 bits per heavy atom. The lowest BCUT2D eigenvalue weighted by atomic mass is 9.97. The van der Waals surface area contributed by atoms with Crippen molar-refractivity contribution in [2.45, 2.75) is 6.92 Å². The van der Waals surface area contributed by atoms with Crippen LogP contribution in [0.1, 0.15) is 5.56 Å². The van der Waals surface area contributed by atoms with Gasteiger partial charge in [0.2, 0.25) is 0 Å². The Labute approximate surface area is 140 Å². The van der Waals surface area contributed by atoms with E-state index in [0.29, 0.717) is 0 Å². The van der Waals surface area contributed by atoms with Gasteiger partial charge in [-0.15, -0.1) is 0 Å². The number of nitrogens with zero attached hydrogens (tertiary/aromatic N) is 1. The zero-order chi connectivity index (χ0) is 16.1. The summed E-state index contributed by atoms with van der Waals surface area (Å²) in [7, 11) is 0. The first-order chi connectivity index (χ1) is 11.8. The van der Waals surface area contributed by atoms with Crippen LogP contribution in [-0.4, -0.2) is 4.98 Å². The molecule has 0 bridgehead atoms. The molecule has 4 aromatic rings. The van der Waals surface area contributed by atoms with Crippen LogP contribution in [0.15, 0.2) is 72.8 Å². The summed E-state index contributed by atoms with van der Waals surface area (Å²) in [5.74, 6) is 1.74. The molecule has 0 unspecified atom stereocenters. The van der Waals surface area contributed by atoms with Crippen LogP contribution >= 0.6 is 0 Å². The number of aromatic nitrogens is 1. The minimum atomic E-state index is 0.865. The third-order valence-corrected chi connectivity index (χ3v) is 4.51.